The summed E-state index contributed by atoms with van der Waals surface area (Å²) in [5.74, 6) is -2.35. The van der Waals surface area contributed by atoms with Crippen LogP contribution in [0.1, 0.15) is 60.8 Å². The maximum atomic E-state index is 12.5. The van der Waals surface area contributed by atoms with Gasteiger partial charge in [-0.2, -0.15) is 8.42 Å². The van der Waals surface area contributed by atoms with Crippen molar-refractivity contribution in [1.29, 1.82) is 0 Å². The Morgan fingerprint density at radius 3 is 1.89 bits per heavy atom. The maximum absolute atomic E-state index is 12.5. The average Bonchev–Trinajstić information content (AvgIpc) is 2.38. The van der Waals surface area contributed by atoms with Crippen LogP contribution in [-0.2, 0) is 19.7 Å². The number of rotatable bonds is 11. The van der Waals surface area contributed by atoms with E-state index in [1.807, 2.05) is 0 Å². The van der Waals surface area contributed by atoms with E-state index < -0.39 is 51.0 Å². The van der Waals surface area contributed by atoms with Gasteiger partial charge in [-0.15, -0.1) is 0 Å². The number of amides is 2. The molecule has 0 saturated carbocycles. The summed E-state index contributed by atoms with van der Waals surface area (Å²) in [6.45, 7) is 9.77. The van der Waals surface area contributed by atoms with Gasteiger partial charge in [0.25, 0.3) is 10.1 Å². The predicted octanol–water partition coefficient (Wildman–Crippen LogP) is 0.417. The zero-order valence-electron chi connectivity index (χ0n) is 16.9. The Morgan fingerprint density at radius 1 is 1.00 bits per heavy atom. The van der Waals surface area contributed by atoms with E-state index in [2.05, 4.69) is 10.6 Å². The standard InChI is InChI=1S/C17H34N2O7S/c1-7-12(15(23)19-17(5,6)10-27(24,25)26)8-11(2)14(22)18-16(3,4)9-13(20)21/h11-13,20-21H,7-10H2,1-6H3,(H,18,22)(H,19,23)(H,24,25,26). The second-order valence-electron chi connectivity index (χ2n) is 8.40. The van der Waals surface area contributed by atoms with Crippen LogP contribution < -0.4 is 10.6 Å². The minimum absolute atomic E-state index is 0.0347. The predicted molar refractivity (Wildman–Crippen MR) is 101 cm³/mol. The molecule has 0 spiro atoms. The molecule has 5 N–H and O–H groups in total. The van der Waals surface area contributed by atoms with Gasteiger partial charge in [0.2, 0.25) is 11.8 Å². The zero-order valence-corrected chi connectivity index (χ0v) is 17.8. The summed E-state index contributed by atoms with van der Waals surface area (Å²) in [6.07, 6.45) is -0.889. The third-order valence-electron chi connectivity index (χ3n) is 4.11. The van der Waals surface area contributed by atoms with Crippen LogP contribution in [0.4, 0.5) is 0 Å². The van der Waals surface area contributed by atoms with Crippen molar-refractivity contribution in [3.8, 4) is 0 Å². The molecule has 0 aliphatic heterocycles. The van der Waals surface area contributed by atoms with Gasteiger partial charge in [-0.1, -0.05) is 13.8 Å². The second kappa shape index (κ2) is 9.81. The highest BCUT2D eigenvalue weighted by atomic mass is 32.2. The summed E-state index contributed by atoms with van der Waals surface area (Å²) in [6, 6.07) is 0. The topological polar surface area (TPSA) is 153 Å². The maximum Gasteiger partial charge on any atom is 0.267 e. The fourth-order valence-corrected chi connectivity index (χ4v) is 3.87. The van der Waals surface area contributed by atoms with Crippen LogP contribution >= 0.6 is 0 Å². The van der Waals surface area contributed by atoms with Gasteiger partial charge in [0.15, 0.2) is 6.29 Å². The van der Waals surface area contributed by atoms with E-state index in [1.54, 1.807) is 27.7 Å². The second-order valence-corrected chi connectivity index (χ2v) is 9.85. The van der Waals surface area contributed by atoms with Gasteiger partial charge in [0.05, 0.1) is 11.3 Å². The van der Waals surface area contributed by atoms with Crippen molar-refractivity contribution in [1.82, 2.24) is 10.6 Å². The number of aliphatic hydroxyl groups is 2. The molecule has 0 bridgehead atoms. The highest BCUT2D eigenvalue weighted by Crippen LogP contribution is 2.20. The number of carbonyl (C=O) groups is 2. The Kier molecular flexibility index (Phi) is 9.36. The summed E-state index contributed by atoms with van der Waals surface area (Å²) >= 11 is 0. The summed E-state index contributed by atoms with van der Waals surface area (Å²) in [4.78, 5) is 24.8. The Balaban J connectivity index is 4.90. The number of carbonyl (C=O) groups excluding carboxylic acids is 2. The fraction of sp³-hybridized carbons (Fsp3) is 0.882. The molecule has 9 nitrogen and oxygen atoms in total. The van der Waals surface area contributed by atoms with Gasteiger partial charge < -0.3 is 20.8 Å². The molecule has 0 aromatic carbocycles. The molecule has 2 atom stereocenters. The molecule has 0 saturated heterocycles. The van der Waals surface area contributed by atoms with Crippen molar-refractivity contribution in [2.45, 2.75) is 78.2 Å². The molecular weight excluding hydrogens is 376 g/mol. The van der Waals surface area contributed by atoms with Gasteiger partial charge >= 0.3 is 0 Å². The third-order valence-corrected chi connectivity index (χ3v) is 5.20. The van der Waals surface area contributed by atoms with Crippen LogP contribution in [0.5, 0.6) is 0 Å². The highest BCUT2D eigenvalue weighted by Gasteiger charge is 2.32. The van der Waals surface area contributed by atoms with E-state index in [1.165, 1.54) is 13.8 Å². The summed E-state index contributed by atoms with van der Waals surface area (Å²) in [5, 5.41) is 23.5. The normalized spacial score (nSPS) is 15.3. The van der Waals surface area contributed by atoms with Crippen LogP contribution in [0.25, 0.3) is 0 Å². The number of hydrogen-bond acceptors (Lipinski definition) is 6. The SMILES string of the molecule is CCC(CC(C)C(=O)NC(C)(C)CC(O)O)C(=O)NC(C)(C)CS(=O)(=O)O. The first-order valence-electron chi connectivity index (χ1n) is 8.93. The van der Waals surface area contributed by atoms with Gasteiger partial charge in [0, 0.05) is 23.8 Å². The monoisotopic (exact) mass is 410 g/mol. The quantitative estimate of drug-likeness (QED) is 0.244. The number of nitrogens with one attached hydrogen (secondary N) is 2. The van der Waals surface area contributed by atoms with Crippen LogP contribution in [-0.4, -0.2) is 58.1 Å². The molecule has 0 aliphatic carbocycles. The molecule has 0 radical (unpaired) electrons. The first kappa shape index (κ1) is 25.8. The minimum Gasteiger partial charge on any atom is -0.368 e. The van der Waals surface area contributed by atoms with Crippen LogP contribution in [0, 0.1) is 11.8 Å². The van der Waals surface area contributed by atoms with Crippen molar-refractivity contribution in [2.24, 2.45) is 11.8 Å². The van der Waals surface area contributed by atoms with Crippen LogP contribution in [0.3, 0.4) is 0 Å². The smallest absolute Gasteiger partial charge is 0.267 e. The molecule has 0 heterocycles. The van der Waals surface area contributed by atoms with Gasteiger partial charge in [0.1, 0.15) is 0 Å². The van der Waals surface area contributed by atoms with Crippen LogP contribution in [0.2, 0.25) is 0 Å². The fourth-order valence-electron chi connectivity index (χ4n) is 2.88. The summed E-state index contributed by atoms with van der Waals surface area (Å²) < 4.78 is 31.1. The number of hydrogen-bond donors (Lipinski definition) is 5. The molecule has 0 aliphatic rings. The van der Waals surface area contributed by atoms with E-state index in [0.29, 0.717) is 6.42 Å². The van der Waals surface area contributed by atoms with Gasteiger partial charge in [-0.3, -0.25) is 14.1 Å². The van der Waals surface area contributed by atoms with Crippen molar-refractivity contribution in [3.05, 3.63) is 0 Å². The lowest BCUT2D eigenvalue weighted by atomic mass is 9.90. The molecule has 0 rings (SSSR count). The van der Waals surface area contributed by atoms with E-state index in [9.17, 15) is 18.0 Å². The minimum atomic E-state index is -4.25. The van der Waals surface area contributed by atoms with E-state index in [4.69, 9.17) is 14.8 Å². The summed E-state index contributed by atoms with van der Waals surface area (Å²) in [7, 11) is -4.25. The van der Waals surface area contributed by atoms with Gasteiger partial charge in [-0.25, -0.2) is 0 Å². The van der Waals surface area contributed by atoms with E-state index >= 15 is 0 Å². The largest absolute Gasteiger partial charge is 0.368 e. The first-order chi connectivity index (χ1) is 12.0. The molecule has 160 valence electrons. The average molecular weight is 411 g/mol. The number of aliphatic hydroxyl groups excluding tert-OH is 1. The molecule has 2 unspecified atom stereocenters. The third kappa shape index (κ3) is 11.3. The lowest BCUT2D eigenvalue weighted by Gasteiger charge is -2.30. The van der Waals surface area contributed by atoms with Crippen molar-refractivity contribution < 1.29 is 32.8 Å². The lowest BCUT2D eigenvalue weighted by Crippen LogP contribution is -2.51. The highest BCUT2D eigenvalue weighted by molar-refractivity contribution is 7.85. The molecule has 2 amide bonds. The molecule has 0 aromatic rings. The molecular formula is C17H34N2O7S. The Morgan fingerprint density at radius 2 is 1.48 bits per heavy atom. The van der Waals surface area contributed by atoms with Gasteiger partial charge in [-0.05, 0) is 40.5 Å². The Hall–Kier alpha value is -1.23. The molecule has 0 fully saturated rings. The first-order valence-corrected chi connectivity index (χ1v) is 10.5. The van der Waals surface area contributed by atoms with Crippen LogP contribution in [0.15, 0.2) is 0 Å². The zero-order chi connectivity index (χ0) is 21.6. The van der Waals surface area contributed by atoms with Crippen molar-refractivity contribution in [3.63, 3.8) is 0 Å². The Bertz CT molecular complexity index is 615. The van der Waals surface area contributed by atoms with Crippen molar-refractivity contribution in [2.75, 3.05) is 5.75 Å². The van der Waals surface area contributed by atoms with Crippen molar-refractivity contribution >= 4 is 21.9 Å². The Labute approximate surface area is 161 Å². The van der Waals surface area contributed by atoms with E-state index in [-0.39, 0.29) is 18.7 Å². The summed E-state index contributed by atoms with van der Waals surface area (Å²) in [5.41, 5.74) is -1.97. The van der Waals surface area contributed by atoms with E-state index in [0.717, 1.165) is 0 Å². The molecule has 0 aromatic heterocycles. The molecule has 27 heavy (non-hydrogen) atoms. The molecule has 10 heteroatoms. The lowest BCUT2D eigenvalue weighted by molar-refractivity contribution is -0.130.